The van der Waals surface area contributed by atoms with Gasteiger partial charge in [0.25, 0.3) is 5.56 Å². The molecule has 0 N–H and O–H groups in total. The van der Waals surface area contributed by atoms with Crippen molar-refractivity contribution in [3.05, 3.63) is 50.1 Å². The minimum atomic E-state index is -0.614. The first kappa shape index (κ1) is 15.8. The normalized spacial score (nSPS) is 14.1. The van der Waals surface area contributed by atoms with Gasteiger partial charge in [-0.1, -0.05) is 23.7 Å². The summed E-state index contributed by atoms with van der Waals surface area (Å²) < 4.78 is 14.5. The molecule has 2 heterocycles. The summed E-state index contributed by atoms with van der Waals surface area (Å²) in [5.74, 6) is 0.453. The minimum absolute atomic E-state index is 0.00699. The number of fused-ring (bicyclic) bond motifs is 3. The second kappa shape index (κ2) is 6.30. The van der Waals surface area contributed by atoms with Gasteiger partial charge in [-0.05, 0) is 43.4 Å². The van der Waals surface area contributed by atoms with Gasteiger partial charge in [0.1, 0.15) is 17.3 Å². The summed E-state index contributed by atoms with van der Waals surface area (Å²) in [6, 6.07) is 7.24. The maximum Gasteiger partial charge on any atom is 0.262 e. The van der Waals surface area contributed by atoms with Crippen molar-refractivity contribution < 1.29 is 4.39 Å². The Labute approximate surface area is 147 Å². The summed E-state index contributed by atoms with van der Waals surface area (Å²) in [5.41, 5.74) is 1.64. The number of nitrogens with zero attached hydrogens (tertiary/aromatic N) is 2. The summed E-state index contributed by atoms with van der Waals surface area (Å²) in [4.78, 5) is 19.8. The molecule has 1 aromatic carbocycles. The smallest absolute Gasteiger partial charge is 0.262 e. The van der Waals surface area contributed by atoms with Gasteiger partial charge in [0.05, 0.1) is 17.0 Å². The molecule has 0 radical (unpaired) electrons. The van der Waals surface area contributed by atoms with Crippen LogP contribution in [0.3, 0.4) is 0 Å². The third kappa shape index (κ3) is 2.47. The van der Waals surface area contributed by atoms with Crippen molar-refractivity contribution in [1.82, 2.24) is 9.55 Å². The number of hydrogen-bond donors (Lipinski definition) is 0. The molecule has 4 rings (SSSR count). The lowest BCUT2D eigenvalue weighted by molar-refractivity contribution is 0.441. The molecule has 1 aliphatic rings. The number of halogens is 2. The van der Waals surface area contributed by atoms with Crippen LogP contribution in [0, 0.1) is 0 Å². The summed E-state index contributed by atoms with van der Waals surface area (Å²) in [7, 11) is 0. The zero-order valence-corrected chi connectivity index (χ0v) is 14.6. The van der Waals surface area contributed by atoms with Crippen LogP contribution in [-0.4, -0.2) is 16.2 Å². The summed E-state index contributed by atoms with van der Waals surface area (Å²) in [6.07, 6.45) is 4.15. The fraction of sp³-hybridized carbons (Fsp3) is 0.333. The number of hydrogen-bond acceptors (Lipinski definition) is 3. The SMILES string of the molecule is O=c1c2c3c(sc2nc(-c2ccccc2Cl)n1CCF)CCCC3. The van der Waals surface area contributed by atoms with Gasteiger partial charge in [0.15, 0.2) is 0 Å². The van der Waals surface area contributed by atoms with E-state index in [-0.39, 0.29) is 12.1 Å². The number of alkyl halides is 1. The molecule has 3 nitrogen and oxygen atoms in total. The van der Waals surface area contributed by atoms with Crippen LogP contribution in [0.4, 0.5) is 4.39 Å². The van der Waals surface area contributed by atoms with Crippen LogP contribution in [0.15, 0.2) is 29.1 Å². The highest BCUT2D eigenvalue weighted by molar-refractivity contribution is 7.18. The molecule has 1 aliphatic carbocycles. The molecule has 0 bridgehead atoms. The second-order valence-corrected chi connectivity index (χ2v) is 7.44. The minimum Gasteiger partial charge on any atom is -0.289 e. The molecule has 3 aromatic rings. The van der Waals surface area contributed by atoms with E-state index in [2.05, 4.69) is 0 Å². The van der Waals surface area contributed by atoms with Crippen LogP contribution < -0.4 is 5.56 Å². The lowest BCUT2D eigenvalue weighted by atomic mass is 9.97. The Hall–Kier alpha value is -1.72. The maximum atomic E-state index is 13.1. The highest BCUT2D eigenvalue weighted by Gasteiger charge is 2.23. The largest absolute Gasteiger partial charge is 0.289 e. The van der Waals surface area contributed by atoms with Crippen LogP contribution in [0.25, 0.3) is 21.6 Å². The first-order chi connectivity index (χ1) is 11.7. The lowest BCUT2D eigenvalue weighted by Crippen LogP contribution is -2.24. The highest BCUT2D eigenvalue weighted by Crippen LogP contribution is 2.35. The van der Waals surface area contributed by atoms with E-state index in [0.29, 0.717) is 21.8 Å². The van der Waals surface area contributed by atoms with E-state index in [1.807, 2.05) is 18.2 Å². The molecule has 0 spiro atoms. The monoisotopic (exact) mass is 362 g/mol. The zero-order chi connectivity index (χ0) is 16.7. The Morgan fingerprint density at radius 2 is 2.04 bits per heavy atom. The highest BCUT2D eigenvalue weighted by atomic mass is 35.5. The third-order valence-corrected chi connectivity index (χ3v) is 6.01. The van der Waals surface area contributed by atoms with E-state index in [4.69, 9.17) is 16.6 Å². The standard InChI is InChI=1S/C18H16ClFN2OS/c19-13-7-3-1-5-11(13)16-21-17-15(18(23)22(16)10-9-20)12-6-2-4-8-14(12)24-17/h1,3,5,7H,2,4,6,8-10H2. The van der Waals surface area contributed by atoms with Gasteiger partial charge < -0.3 is 0 Å². The number of aryl methyl sites for hydroxylation is 2. The molecule has 24 heavy (non-hydrogen) atoms. The number of benzene rings is 1. The second-order valence-electron chi connectivity index (χ2n) is 5.95. The van der Waals surface area contributed by atoms with Crippen molar-refractivity contribution in [3.8, 4) is 11.4 Å². The molecule has 6 heteroatoms. The molecule has 0 unspecified atom stereocenters. The van der Waals surface area contributed by atoms with Crippen molar-refractivity contribution >= 4 is 33.2 Å². The molecule has 0 saturated heterocycles. The number of thiophene rings is 1. The van der Waals surface area contributed by atoms with Crippen molar-refractivity contribution in [3.63, 3.8) is 0 Å². The van der Waals surface area contributed by atoms with Gasteiger partial charge in [0, 0.05) is 10.4 Å². The summed E-state index contributed by atoms with van der Waals surface area (Å²) >= 11 is 7.88. The molecular weight excluding hydrogens is 347 g/mol. The van der Waals surface area contributed by atoms with Crippen LogP contribution >= 0.6 is 22.9 Å². The molecule has 0 saturated carbocycles. The molecule has 2 aromatic heterocycles. The Balaban J connectivity index is 2.05. The first-order valence-electron chi connectivity index (χ1n) is 8.06. The quantitative estimate of drug-likeness (QED) is 0.681. The van der Waals surface area contributed by atoms with Crippen molar-refractivity contribution in [2.45, 2.75) is 32.2 Å². The van der Waals surface area contributed by atoms with Gasteiger partial charge in [-0.2, -0.15) is 0 Å². The Morgan fingerprint density at radius 1 is 1.25 bits per heavy atom. The fourth-order valence-corrected chi connectivity index (χ4v) is 4.85. The predicted octanol–water partition coefficient (Wildman–Crippen LogP) is 4.63. The van der Waals surface area contributed by atoms with Crippen molar-refractivity contribution in [1.29, 1.82) is 0 Å². The molecule has 124 valence electrons. The van der Waals surface area contributed by atoms with E-state index in [9.17, 15) is 9.18 Å². The van der Waals surface area contributed by atoms with Crippen LogP contribution in [0.2, 0.25) is 5.02 Å². The predicted molar refractivity (Wildman–Crippen MR) is 96.9 cm³/mol. The fourth-order valence-electron chi connectivity index (χ4n) is 3.38. The average Bonchev–Trinajstić information content (AvgIpc) is 2.96. The molecule has 0 aliphatic heterocycles. The van der Waals surface area contributed by atoms with E-state index in [0.717, 1.165) is 36.1 Å². The first-order valence-corrected chi connectivity index (χ1v) is 9.26. The number of aromatic nitrogens is 2. The average molecular weight is 363 g/mol. The van der Waals surface area contributed by atoms with Crippen LogP contribution in [0.5, 0.6) is 0 Å². The topological polar surface area (TPSA) is 34.9 Å². The Morgan fingerprint density at radius 3 is 2.83 bits per heavy atom. The molecule has 0 amide bonds. The summed E-state index contributed by atoms with van der Waals surface area (Å²) in [5, 5.41) is 1.19. The zero-order valence-electron chi connectivity index (χ0n) is 13.0. The van der Waals surface area contributed by atoms with Gasteiger partial charge in [-0.25, -0.2) is 9.37 Å². The molecule has 0 fully saturated rings. The van der Waals surface area contributed by atoms with Gasteiger partial charge in [-0.3, -0.25) is 9.36 Å². The van der Waals surface area contributed by atoms with Gasteiger partial charge in [0.2, 0.25) is 0 Å². The van der Waals surface area contributed by atoms with Crippen molar-refractivity contribution in [2.75, 3.05) is 6.67 Å². The van der Waals surface area contributed by atoms with Crippen LogP contribution in [0.1, 0.15) is 23.3 Å². The van der Waals surface area contributed by atoms with E-state index in [1.165, 1.54) is 9.44 Å². The van der Waals surface area contributed by atoms with E-state index < -0.39 is 6.67 Å². The van der Waals surface area contributed by atoms with Crippen molar-refractivity contribution in [2.24, 2.45) is 0 Å². The third-order valence-electron chi connectivity index (χ3n) is 4.50. The van der Waals surface area contributed by atoms with Gasteiger partial charge in [-0.15, -0.1) is 11.3 Å². The summed E-state index contributed by atoms with van der Waals surface area (Å²) in [6.45, 7) is -0.621. The van der Waals surface area contributed by atoms with Gasteiger partial charge >= 0.3 is 0 Å². The molecular formula is C18H16ClFN2OS. The lowest BCUT2D eigenvalue weighted by Gasteiger charge is -2.13. The van der Waals surface area contributed by atoms with E-state index >= 15 is 0 Å². The Bertz CT molecular complexity index is 979. The van der Waals surface area contributed by atoms with E-state index in [1.54, 1.807) is 17.4 Å². The molecule has 0 atom stereocenters. The maximum absolute atomic E-state index is 13.1. The van der Waals surface area contributed by atoms with Crippen LogP contribution in [-0.2, 0) is 19.4 Å². The number of rotatable bonds is 3. The Kier molecular flexibility index (Phi) is 4.14.